The minimum absolute atomic E-state index is 0.164. The molecule has 0 aromatic carbocycles. The van der Waals surface area contributed by atoms with Gasteiger partial charge < -0.3 is 5.32 Å². The normalized spacial score (nSPS) is 17.5. The van der Waals surface area contributed by atoms with Crippen molar-refractivity contribution in [1.29, 1.82) is 0 Å². The number of nitrogens with one attached hydrogen (secondary N) is 1. The van der Waals surface area contributed by atoms with E-state index >= 15 is 0 Å². The van der Waals surface area contributed by atoms with E-state index in [0.717, 1.165) is 10.6 Å². The number of azide groups is 1. The molecule has 1 aromatic heterocycles. The van der Waals surface area contributed by atoms with Gasteiger partial charge in [0.1, 0.15) is 0 Å². The molecule has 1 heterocycles. The molecule has 0 aliphatic heterocycles. The van der Waals surface area contributed by atoms with Crippen molar-refractivity contribution < 1.29 is 9.59 Å². The van der Waals surface area contributed by atoms with Gasteiger partial charge in [-0.05, 0) is 29.9 Å². The molecule has 1 atom stereocenters. The number of rotatable bonds is 2. The van der Waals surface area contributed by atoms with Crippen molar-refractivity contribution in [2.45, 2.75) is 26.2 Å². The maximum Gasteiger partial charge on any atom is 0.223 e. The van der Waals surface area contributed by atoms with Crippen molar-refractivity contribution in [2.24, 2.45) is 11.0 Å². The van der Waals surface area contributed by atoms with Crippen LogP contribution in [0.25, 0.3) is 10.4 Å². The number of carbonyl (C=O) groups is 2. The topological polar surface area (TPSA) is 108 Å². The Bertz CT molecular complexity index is 546. The molecule has 1 aliphatic carbocycles. The molecule has 0 spiro atoms. The Hall–Kier alpha value is -1.92. The Kier molecular flexibility index (Phi) is 3.59. The summed E-state index contributed by atoms with van der Waals surface area (Å²) in [6, 6.07) is 0. The number of amides is 2. The monoisotopic (exact) mass is 265 g/mol. The highest BCUT2D eigenvalue weighted by Crippen LogP contribution is 2.32. The molecule has 0 radical (unpaired) electrons. The smallest absolute Gasteiger partial charge is 0.223 e. The van der Waals surface area contributed by atoms with Gasteiger partial charge in [0.05, 0.1) is 5.69 Å². The van der Waals surface area contributed by atoms with E-state index in [9.17, 15) is 9.59 Å². The number of hydrogen-bond donors (Lipinski definition) is 1. The molecule has 18 heavy (non-hydrogen) atoms. The van der Waals surface area contributed by atoms with Crippen LogP contribution < -0.4 is 5.32 Å². The number of aryl methyl sites for hydroxylation is 1. The third-order valence-electron chi connectivity index (χ3n) is 2.72. The second-order valence-electron chi connectivity index (χ2n) is 4.04. The Morgan fingerprint density at radius 3 is 3.06 bits per heavy atom. The molecular weight excluding hydrogens is 254 g/mol. The summed E-state index contributed by atoms with van der Waals surface area (Å²) in [5.41, 5.74) is 9.17. The van der Waals surface area contributed by atoms with Crippen molar-refractivity contribution in [3.8, 4) is 0 Å². The van der Waals surface area contributed by atoms with Gasteiger partial charge in [-0.2, -0.15) is 0 Å². The molecule has 0 saturated heterocycles. The predicted molar refractivity (Wildman–Crippen MR) is 66.1 cm³/mol. The predicted octanol–water partition coefficient (Wildman–Crippen LogP) is 2.04. The van der Waals surface area contributed by atoms with E-state index in [1.807, 2.05) is 0 Å². The zero-order valence-corrected chi connectivity index (χ0v) is 10.5. The van der Waals surface area contributed by atoms with E-state index in [0.29, 0.717) is 24.4 Å². The fourth-order valence-corrected chi connectivity index (χ4v) is 3.05. The van der Waals surface area contributed by atoms with Gasteiger partial charge in [0, 0.05) is 22.6 Å². The maximum absolute atomic E-state index is 11.5. The molecule has 0 unspecified atom stereocenters. The van der Waals surface area contributed by atoms with E-state index in [1.165, 1.54) is 18.3 Å². The molecule has 1 N–H and O–H groups in total. The summed E-state index contributed by atoms with van der Waals surface area (Å²) in [4.78, 5) is 30.2. The van der Waals surface area contributed by atoms with Crippen molar-refractivity contribution in [1.82, 2.24) is 4.98 Å². The number of fused-ring (bicyclic) bond motifs is 1. The van der Waals surface area contributed by atoms with Crippen LogP contribution in [0.15, 0.2) is 5.11 Å². The number of anilines is 1. The quantitative estimate of drug-likeness (QED) is 0.502. The lowest BCUT2D eigenvalue weighted by Gasteiger charge is -2.17. The molecule has 2 amide bonds. The average molecular weight is 265 g/mol. The highest BCUT2D eigenvalue weighted by molar-refractivity contribution is 7.15. The third-order valence-corrected chi connectivity index (χ3v) is 3.75. The first-order valence-electron chi connectivity index (χ1n) is 5.45. The Balaban J connectivity index is 2.14. The second-order valence-corrected chi connectivity index (χ2v) is 5.12. The number of nitrogens with zero attached hydrogens (tertiary/aromatic N) is 4. The number of hydrogen-bond acceptors (Lipinski definition) is 4. The van der Waals surface area contributed by atoms with Crippen LogP contribution in [0.2, 0.25) is 0 Å². The highest BCUT2D eigenvalue weighted by Gasteiger charge is 2.26. The molecular formula is C10H11N5O2S. The summed E-state index contributed by atoms with van der Waals surface area (Å²) >= 11 is 1.37. The van der Waals surface area contributed by atoms with Gasteiger partial charge in [0.25, 0.3) is 0 Å². The molecule has 8 heteroatoms. The lowest BCUT2D eigenvalue weighted by atomic mass is 9.91. The fourth-order valence-electron chi connectivity index (χ4n) is 1.92. The van der Waals surface area contributed by atoms with Crippen molar-refractivity contribution in [3.63, 3.8) is 0 Å². The Morgan fingerprint density at radius 2 is 2.39 bits per heavy atom. The van der Waals surface area contributed by atoms with Gasteiger partial charge in [-0.25, -0.2) is 4.98 Å². The molecule has 94 valence electrons. The summed E-state index contributed by atoms with van der Waals surface area (Å²) in [7, 11) is 0. The largest absolute Gasteiger partial charge is 0.302 e. The van der Waals surface area contributed by atoms with E-state index in [-0.39, 0.29) is 11.8 Å². The summed E-state index contributed by atoms with van der Waals surface area (Å²) in [6.45, 7) is 1.42. The van der Waals surface area contributed by atoms with E-state index in [1.54, 1.807) is 0 Å². The lowest BCUT2D eigenvalue weighted by molar-refractivity contribution is -0.122. The zero-order chi connectivity index (χ0) is 13.1. The van der Waals surface area contributed by atoms with Gasteiger partial charge in [0.2, 0.25) is 11.8 Å². The summed E-state index contributed by atoms with van der Waals surface area (Å²) in [5.74, 6) is -0.848. The highest BCUT2D eigenvalue weighted by atomic mass is 32.1. The first-order chi connectivity index (χ1) is 8.60. The zero-order valence-electron chi connectivity index (χ0n) is 9.71. The first kappa shape index (κ1) is 12.5. The summed E-state index contributed by atoms with van der Waals surface area (Å²) in [5, 5.41) is 6.32. The van der Waals surface area contributed by atoms with Crippen LogP contribution in [0, 0.1) is 5.92 Å². The van der Waals surface area contributed by atoms with Crippen molar-refractivity contribution >= 4 is 28.3 Å². The van der Waals surface area contributed by atoms with Crippen LogP contribution in [0.3, 0.4) is 0 Å². The second kappa shape index (κ2) is 5.16. The van der Waals surface area contributed by atoms with Gasteiger partial charge in [-0.15, -0.1) is 11.3 Å². The molecule has 2 rings (SSSR count). The van der Waals surface area contributed by atoms with E-state index in [2.05, 4.69) is 20.3 Å². The van der Waals surface area contributed by atoms with Crippen LogP contribution in [0.4, 0.5) is 5.13 Å². The van der Waals surface area contributed by atoms with Crippen molar-refractivity contribution in [3.05, 3.63) is 21.0 Å². The Morgan fingerprint density at radius 1 is 1.61 bits per heavy atom. The van der Waals surface area contributed by atoms with Gasteiger partial charge in [0.15, 0.2) is 5.13 Å². The van der Waals surface area contributed by atoms with Crippen LogP contribution in [0.5, 0.6) is 0 Å². The van der Waals surface area contributed by atoms with E-state index < -0.39 is 5.91 Å². The van der Waals surface area contributed by atoms with Crippen LogP contribution in [-0.4, -0.2) is 16.8 Å². The Labute approximate surface area is 107 Å². The molecule has 0 bridgehead atoms. The minimum Gasteiger partial charge on any atom is -0.302 e. The number of thiazole rings is 1. The average Bonchev–Trinajstić information content (AvgIpc) is 2.69. The number of carbonyl (C=O) groups excluding carboxylic acids is 2. The van der Waals surface area contributed by atoms with Crippen LogP contribution in [0.1, 0.15) is 23.9 Å². The SMILES string of the molecule is CC(=O)Nc1nc2c(s1)C[C@@H](C(=O)N=[N+]=[N-])CC2. The number of aromatic nitrogens is 1. The maximum atomic E-state index is 11.5. The third kappa shape index (κ3) is 2.66. The molecule has 1 aliphatic rings. The van der Waals surface area contributed by atoms with Gasteiger partial charge >= 0.3 is 0 Å². The van der Waals surface area contributed by atoms with Gasteiger partial charge in [-0.3, -0.25) is 9.59 Å². The first-order valence-corrected chi connectivity index (χ1v) is 6.27. The molecule has 0 saturated carbocycles. The molecule has 7 nitrogen and oxygen atoms in total. The standard InChI is InChI=1S/C10H11N5O2S/c1-5(16)12-10-13-7-3-2-6(4-8(7)18-10)9(17)14-15-11/h6H,2-4H2,1H3,(H,12,13,16)/t6-/m0/s1. The van der Waals surface area contributed by atoms with Crippen LogP contribution in [-0.2, 0) is 22.4 Å². The van der Waals surface area contributed by atoms with E-state index in [4.69, 9.17) is 5.53 Å². The fraction of sp³-hybridized carbons (Fsp3) is 0.500. The lowest BCUT2D eigenvalue weighted by Crippen LogP contribution is -2.20. The molecule has 0 fully saturated rings. The molecule has 1 aromatic rings. The van der Waals surface area contributed by atoms with Crippen LogP contribution >= 0.6 is 11.3 Å². The summed E-state index contributed by atoms with van der Waals surface area (Å²) < 4.78 is 0. The minimum atomic E-state index is -0.419. The van der Waals surface area contributed by atoms with Crippen molar-refractivity contribution in [2.75, 3.05) is 5.32 Å². The summed E-state index contributed by atoms with van der Waals surface area (Å²) in [6.07, 6.45) is 1.83. The van der Waals surface area contributed by atoms with Gasteiger partial charge in [-0.1, -0.05) is 0 Å².